The van der Waals surface area contributed by atoms with Crippen LogP contribution in [0.1, 0.15) is 11.1 Å². The number of ether oxygens (including phenoxy) is 1. The van der Waals surface area contributed by atoms with E-state index in [0.717, 1.165) is 11.3 Å². The number of carbonyl (C=O) groups is 1. The molecule has 3 aromatic carbocycles. The Morgan fingerprint density at radius 3 is 2.32 bits per heavy atom. The third kappa shape index (κ3) is 2.39. The average molecular weight is 445 g/mol. The lowest BCUT2D eigenvalue weighted by Gasteiger charge is -2.33. The maximum atomic E-state index is 14.1. The summed E-state index contributed by atoms with van der Waals surface area (Å²) in [7, 11) is 1.71. The van der Waals surface area contributed by atoms with Gasteiger partial charge in [0.2, 0.25) is 17.7 Å². The molecule has 2 N–H and O–H groups in total. The van der Waals surface area contributed by atoms with E-state index in [1.54, 1.807) is 16.6 Å². The summed E-state index contributed by atoms with van der Waals surface area (Å²) in [4.78, 5) is 15.7. The van der Waals surface area contributed by atoms with E-state index in [4.69, 9.17) is 15.6 Å². The highest BCUT2D eigenvalue weighted by atomic mass is 16.5. The summed E-state index contributed by atoms with van der Waals surface area (Å²) in [6.45, 7) is 0. The largest absolute Gasteiger partial charge is 0.422 e. The molecule has 0 unspecified atom stereocenters. The van der Waals surface area contributed by atoms with Crippen LogP contribution in [0.5, 0.6) is 5.88 Å². The number of carbonyl (C=O) groups excluding carboxylic acids is 1. The highest BCUT2D eigenvalue weighted by Crippen LogP contribution is 2.57. The van der Waals surface area contributed by atoms with Crippen molar-refractivity contribution in [1.29, 1.82) is 5.26 Å². The van der Waals surface area contributed by atoms with Crippen molar-refractivity contribution in [2.75, 3.05) is 11.9 Å². The van der Waals surface area contributed by atoms with Gasteiger partial charge in [-0.1, -0.05) is 66.7 Å². The van der Waals surface area contributed by atoms with Gasteiger partial charge in [0, 0.05) is 23.9 Å². The van der Waals surface area contributed by atoms with Gasteiger partial charge < -0.3 is 15.4 Å². The summed E-state index contributed by atoms with van der Waals surface area (Å²) in [6.07, 6.45) is 0. The molecular formula is C27H19N5O2. The zero-order chi connectivity index (χ0) is 23.4. The minimum atomic E-state index is -1.48. The molecule has 2 aliphatic heterocycles. The SMILES string of the molecule is CN1C(=O)[C@@]2(C(C#N)=C(N)Oc3c2c(-c2ccccc2)nn3-c2ccccc2)c2ccccc21. The van der Waals surface area contributed by atoms with Crippen LogP contribution in [0.4, 0.5) is 5.69 Å². The minimum Gasteiger partial charge on any atom is -0.422 e. The van der Waals surface area contributed by atoms with E-state index in [1.165, 1.54) is 0 Å². The summed E-state index contributed by atoms with van der Waals surface area (Å²) >= 11 is 0. The Morgan fingerprint density at radius 2 is 1.62 bits per heavy atom. The number of nitrogens with zero attached hydrogens (tertiary/aromatic N) is 4. The van der Waals surface area contributed by atoms with Gasteiger partial charge >= 0.3 is 0 Å². The molecule has 2 aliphatic rings. The number of benzene rings is 3. The van der Waals surface area contributed by atoms with E-state index in [2.05, 4.69) is 6.07 Å². The number of para-hydroxylation sites is 2. The number of amides is 1. The lowest BCUT2D eigenvalue weighted by molar-refractivity contribution is -0.120. The lowest BCUT2D eigenvalue weighted by atomic mass is 9.68. The molecule has 7 nitrogen and oxygen atoms in total. The van der Waals surface area contributed by atoms with Crippen molar-refractivity contribution in [1.82, 2.24) is 9.78 Å². The first-order chi connectivity index (χ1) is 16.6. The molecule has 1 aromatic heterocycles. The van der Waals surface area contributed by atoms with Crippen LogP contribution >= 0.6 is 0 Å². The van der Waals surface area contributed by atoms with Crippen LogP contribution in [0, 0.1) is 11.3 Å². The number of hydrogen-bond donors (Lipinski definition) is 1. The van der Waals surface area contributed by atoms with Gasteiger partial charge in [0.1, 0.15) is 22.8 Å². The molecule has 1 atom stereocenters. The molecule has 0 aliphatic carbocycles. The molecule has 0 fully saturated rings. The summed E-state index contributed by atoms with van der Waals surface area (Å²) in [5.74, 6) is -0.0623. The van der Waals surface area contributed by atoms with Crippen molar-refractivity contribution in [3.8, 4) is 28.9 Å². The number of aromatic nitrogens is 2. The number of fused-ring (bicyclic) bond motifs is 4. The van der Waals surface area contributed by atoms with Gasteiger partial charge in [0.25, 0.3) is 0 Å². The fourth-order valence-corrected chi connectivity index (χ4v) is 5.02. The second kappa shape index (κ2) is 7.09. The van der Waals surface area contributed by atoms with Crippen molar-refractivity contribution >= 4 is 11.6 Å². The Balaban J connectivity index is 1.80. The van der Waals surface area contributed by atoms with E-state index in [-0.39, 0.29) is 17.4 Å². The molecule has 0 radical (unpaired) electrons. The number of anilines is 1. The van der Waals surface area contributed by atoms with Crippen LogP contribution in [-0.4, -0.2) is 22.7 Å². The highest BCUT2D eigenvalue weighted by Gasteiger charge is 2.60. The smallest absolute Gasteiger partial charge is 0.247 e. The normalized spacial score (nSPS) is 18.5. The molecule has 0 saturated heterocycles. The Bertz CT molecular complexity index is 1530. The van der Waals surface area contributed by atoms with Crippen LogP contribution in [-0.2, 0) is 10.2 Å². The minimum absolute atomic E-state index is 0.0617. The summed E-state index contributed by atoms with van der Waals surface area (Å²) in [6, 6.07) is 28.7. The van der Waals surface area contributed by atoms with Gasteiger partial charge in [-0.25, -0.2) is 0 Å². The number of nitrogens with two attached hydrogens (primary N) is 1. The maximum absolute atomic E-state index is 14.1. The number of hydrogen-bond acceptors (Lipinski definition) is 5. The van der Waals surface area contributed by atoms with Gasteiger partial charge in [-0.15, -0.1) is 0 Å². The molecule has 3 heterocycles. The van der Waals surface area contributed by atoms with Crippen LogP contribution in [0.15, 0.2) is 96.4 Å². The van der Waals surface area contributed by atoms with Crippen LogP contribution in [0.25, 0.3) is 16.9 Å². The van der Waals surface area contributed by atoms with Gasteiger partial charge in [-0.05, 0) is 18.2 Å². The van der Waals surface area contributed by atoms with Crippen LogP contribution in [0.2, 0.25) is 0 Å². The Labute approximate surface area is 195 Å². The standard InChI is InChI=1S/C27H19N5O2/c1-31-21-15-9-8-14-19(21)27(26(31)33)20(16-28)24(29)34-25-22(27)23(17-10-4-2-5-11-17)30-32(25)18-12-6-3-7-13-18/h2-15H,29H2,1H3/t27-/m1/s1. The first kappa shape index (κ1) is 19.8. The van der Waals surface area contributed by atoms with Crippen LogP contribution in [0.3, 0.4) is 0 Å². The zero-order valence-electron chi connectivity index (χ0n) is 18.3. The molecular weight excluding hydrogens is 426 g/mol. The van der Waals surface area contributed by atoms with Gasteiger partial charge in [0.15, 0.2) is 0 Å². The van der Waals surface area contributed by atoms with E-state index in [9.17, 15) is 10.1 Å². The maximum Gasteiger partial charge on any atom is 0.247 e. The summed E-state index contributed by atoms with van der Waals surface area (Å²) in [5.41, 5.74) is 8.93. The predicted octanol–water partition coefficient (Wildman–Crippen LogP) is 3.89. The zero-order valence-corrected chi connectivity index (χ0v) is 18.3. The van der Waals surface area contributed by atoms with Gasteiger partial charge in [-0.2, -0.15) is 15.0 Å². The average Bonchev–Trinajstić information content (AvgIpc) is 3.36. The van der Waals surface area contributed by atoms with Crippen molar-refractivity contribution in [3.63, 3.8) is 0 Å². The lowest BCUT2D eigenvalue weighted by Crippen LogP contribution is -2.45. The fourth-order valence-electron chi connectivity index (χ4n) is 5.02. The summed E-state index contributed by atoms with van der Waals surface area (Å²) in [5, 5.41) is 15.2. The Hall–Kier alpha value is -4.83. The molecule has 6 rings (SSSR count). The number of nitriles is 1. The van der Waals surface area contributed by atoms with Crippen LogP contribution < -0.4 is 15.4 Å². The van der Waals surface area contributed by atoms with E-state index in [0.29, 0.717) is 28.4 Å². The molecule has 4 aromatic rings. The van der Waals surface area contributed by atoms with Crippen molar-refractivity contribution in [3.05, 3.63) is 108 Å². The third-order valence-corrected chi connectivity index (χ3v) is 6.50. The fraction of sp³-hybridized carbons (Fsp3) is 0.0741. The predicted molar refractivity (Wildman–Crippen MR) is 127 cm³/mol. The van der Waals surface area contributed by atoms with Gasteiger partial charge in [-0.3, -0.25) is 4.79 Å². The Kier molecular flexibility index (Phi) is 4.13. The molecule has 7 heteroatoms. The van der Waals surface area contributed by atoms with E-state index >= 15 is 0 Å². The first-order valence-electron chi connectivity index (χ1n) is 10.8. The monoisotopic (exact) mass is 445 g/mol. The quantitative estimate of drug-likeness (QED) is 0.505. The highest BCUT2D eigenvalue weighted by molar-refractivity contribution is 6.14. The van der Waals surface area contributed by atoms with Crippen molar-refractivity contribution < 1.29 is 9.53 Å². The number of rotatable bonds is 2. The number of likely N-dealkylation sites (N-methyl/N-ethyl adjacent to an activating group) is 1. The molecule has 0 saturated carbocycles. The second-order valence-corrected chi connectivity index (χ2v) is 8.23. The molecule has 0 bridgehead atoms. The molecule has 34 heavy (non-hydrogen) atoms. The van der Waals surface area contributed by atoms with Crippen molar-refractivity contribution in [2.45, 2.75) is 5.41 Å². The molecule has 1 amide bonds. The summed E-state index contributed by atoms with van der Waals surface area (Å²) < 4.78 is 7.72. The molecule has 164 valence electrons. The molecule has 1 spiro atoms. The van der Waals surface area contributed by atoms with Crippen molar-refractivity contribution in [2.24, 2.45) is 5.73 Å². The first-order valence-corrected chi connectivity index (χ1v) is 10.8. The third-order valence-electron chi connectivity index (χ3n) is 6.50. The van der Waals surface area contributed by atoms with Gasteiger partial charge in [0.05, 0.1) is 11.3 Å². The second-order valence-electron chi connectivity index (χ2n) is 8.23. The Morgan fingerprint density at radius 1 is 0.971 bits per heavy atom. The van der Waals surface area contributed by atoms with E-state index in [1.807, 2.05) is 84.9 Å². The van der Waals surface area contributed by atoms with E-state index < -0.39 is 5.41 Å². The topological polar surface area (TPSA) is 97.2 Å².